The molecule has 0 spiro atoms. The highest BCUT2D eigenvalue weighted by atomic mass is 14.3. The average Bonchev–Trinajstić information content (AvgIpc) is 2.31. The summed E-state index contributed by atoms with van der Waals surface area (Å²) in [5, 5.41) is 0. The second-order valence-electron chi connectivity index (χ2n) is 10.1. The maximum atomic E-state index is 2.47. The van der Waals surface area contributed by atoms with E-state index in [1.807, 2.05) is 0 Å². The van der Waals surface area contributed by atoms with E-state index in [1.165, 1.54) is 29.5 Å². The first kappa shape index (κ1) is 19.3. The first-order chi connectivity index (χ1) is 9.76. The Kier molecular flexibility index (Phi) is 5.59. The summed E-state index contributed by atoms with van der Waals surface area (Å²) in [5.74, 6) is 0.626. The molecule has 0 nitrogen and oxygen atoms in total. The summed E-state index contributed by atoms with van der Waals surface area (Å²) in [4.78, 5) is 0. The van der Waals surface area contributed by atoms with Gasteiger partial charge < -0.3 is 0 Å². The fourth-order valence-corrected chi connectivity index (χ4v) is 3.11. The zero-order chi connectivity index (χ0) is 17.3. The Labute approximate surface area is 139 Å². The number of hydrogen-bond donors (Lipinski definition) is 0. The van der Waals surface area contributed by atoms with Crippen molar-refractivity contribution >= 4 is 0 Å². The summed E-state index contributed by atoms with van der Waals surface area (Å²) >= 11 is 0. The molecule has 126 valence electrons. The van der Waals surface area contributed by atoms with Gasteiger partial charge in [0, 0.05) is 0 Å². The van der Waals surface area contributed by atoms with Crippen LogP contribution in [-0.4, -0.2) is 0 Å². The van der Waals surface area contributed by atoms with Crippen LogP contribution in [0.4, 0.5) is 0 Å². The van der Waals surface area contributed by atoms with Crippen LogP contribution in [0.5, 0.6) is 0 Å². The van der Waals surface area contributed by atoms with Gasteiger partial charge in [-0.05, 0) is 45.3 Å². The van der Waals surface area contributed by atoms with Gasteiger partial charge in [0.1, 0.15) is 0 Å². The predicted molar refractivity (Wildman–Crippen MR) is 101 cm³/mol. The van der Waals surface area contributed by atoms with Crippen LogP contribution < -0.4 is 0 Å². The van der Waals surface area contributed by atoms with Gasteiger partial charge in [-0.1, -0.05) is 93.9 Å². The number of rotatable bonds is 3. The number of hydrogen-bond acceptors (Lipinski definition) is 0. The molecule has 1 atom stereocenters. The van der Waals surface area contributed by atoms with Crippen LogP contribution in [0.25, 0.3) is 0 Å². The first-order valence-electron chi connectivity index (χ1n) is 8.92. The van der Waals surface area contributed by atoms with Crippen molar-refractivity contribution in [3.05, 3.63) is 34.9 Å². The Morgan fingerprint density at radius 3 is 1.41 bits per heavy atom. The zero-order valence-electron chi connectivity index (χ0n) is 16.7. The van der Waals surface area contributed by atoms with Gasteiger partial charge in [0.2, 0.25) is 0 Å². The van der Waals surface area contributed by atoms with Crippen LogP contribution in [0.15, 0.2) is 18.2 Å². The minimum absolute atomic E-state index is 0.199. The maximum Gasteiger partial charge on any atom is -0.0113 e. The standard InChI is InChI=1S/C22H38/c1-11-12-19(22(8,9)10)16-13-17(20(2,3)4)15-18(14-16)21(5,6)7/h13-15,19H,11-12H2,1-10H3. The second-order valence-corrected chi connectivity index (χ2v) is 10.1. The van der Waals surface area contributed by atoms with Crippen molar-refractivity contribution < 1.29 is 0 Å². The third-order valence-corrected chi connectivity index (χ3v) is 4.71. The fourth-order valence-electron chi connectivity index (χ4n) is 3.11. The van der Waals surface area contributed by atoms with E-state index in [2.05, 4.69) is 87.4 Å². The summed E-state index contributed by atoms with van der Waals surface area (Å²) in [6, 6.07) is 7.37. The monoisotopic (exact) mass is 302 g/mol. The molecule has 0 aromatic heterocycles. The van der Waals surface area contributed by atoms with E-state index < -0.39 is 0 Å². The molecule has 0 aliphatic carbocycles. The van der Waals surface area contributed by atoms with Crippen molar-refractivity contribution in [3.63, 3.8) is 0 Å². The normalized spacial score (nSPS) is 15.0. The summed E-state index contributed by atoms with van der Waals surface area (Å²) in [6.07, 6.45) is 2.51. The molecule has 0 aliphatic heterocycles. The van der Waals surface area contributed by atoms with Crippen molar-refractivity contribution in [2.45, 2.75) is 98.8 Å². The highest BCUT2D eigenvalue weighted by molar-refractivity contribution is 5.39. The van der Waals surface area contributed by atoms with E-state index in [0.717, 1.165) is 0 Å². The van der Waals surface area contributed by atoms with E-state index in [0.29, 0.717) is 11.3 Å². The molecular weight excluding hydrogens is 264 g/mol. The Morgan fingerprint density at radius 1 is 0.727 bits per heavy atom. The summed E-state index contributed by atoms with van der Waals surface area (Å²) < 4.78 is 0. The molecule has 1 aromatic carbocycles. The second kappa shape index (κ2) is 6.38. The predicted octanol–water partition coefficient (Wildman–Crippen LogP) is 7.21. The average molecular weight is 303 g/mol. The lowest BCUT2D eigenvalue weighted by Crippen LogP contribution is -2.22. The van der Waals surface area contributed by atoms with Gasteiger partial charge in [-0.15, -0.1) is 0 Å². The van der Waals surface area contributed by atoms with Crippen molar-refractivity contribution in [1.29, 1.82) is 0 Å². The highest BCUT2D eigenvalue weighted by Gasteiger charge is 2.28. The third-order valence-electron chi connectivity index (χ3n) is 4.71. The van der Waals surface area contributed by atoms with Crippen LogP contribution in [-0.2, 0) is 10.8 Å². The lowest BCUT2D eigenvalue weighted by atomic mass is 9.71. The molecule has 0 heteroatoms. The van der Waals surface area contributed by atoms with E-state index in [9.17, 15) is 0 Å². The Hall–Kier alpha value is -0.780. The van der Waals surface area contributed by atoms with Gasteiger partial charge >= 0.3 is 0 Å². The van der Waals surface area contributed by atoms with E-state index in [4.69, 9.17) is 0 Å². The Morgan fingerprint density at radius 2 is 1.14 bits per heavy atom. The minimum Gasteiger partial charge on any atom is -0.0654 e. The quantitative estimate of drug-likeness (QED) is 0.553. The van der Waals surface area contributed by atoms with Crippen molar-refractivity contribution in [2.75, 3.05) is 0 Å². The van der Waals surface area contributed by atoms with Crippen LogP contribution in [0.3, 0.4) is 0 Å². The van der Waals surface area contributed by atoms with Crippen molar-refractivity contribution in [1.82, 2.24) is 0 Å². The molecule has 0 saturated heterocycles. The lowest BCUT2D eigenvalue weighted by molar-refractivity contribution is 0.302. The first-order valence-corrected chi connectivity index (χ1v) is 8.92. The van der Waals surface area contributed by atoms with Crippen LogP contribution in [0.2, 0.25) is 0 Å². The molecule has 22 heavy (non-hydrogen) atoms. The summed E-state index contributed by atoms with van der Waals surface area (Å²) in [5.41, 5.74) is 5.18. The lowest BCUT2D eigenvalue weighted by Gasteiger charge is -2.34. The molecule has 1 unspecified atom stereocenters. The maximum absolute atomic E-state index is 2.47. The highest BCUT2D eigenvalue weighted by Crippen LogP contribution is 2.41. The zero-order valence-corrected chi connectivity index (χ0v) is 16.7. The molecule has 0 amide bonds. The summed E-state index contributed by atoms with van der Waals surface area (Å²) in [6.45, 7) is 23.4. The third kappa shape index (κ3) is 4.86. The topological polar surface area (TPSA) is 0 Å². The van der Waals surface area contributed by atoms with Gasteiger partial charge in [0.05, 0.1) is 0 Å². The SMILES string of the molecule is CCCC(c1cc(C(C)(C)C)cc(C(C)(C)C)c1)C(C)(C)C. The molecule has 0 bridgehead atoms. The van der Waals surface area contributed by atoms with Gasteiger partial charge in [-0.3, -0.25) is 0 Å². The van der Waals surface area contributed by atoms with E-state index in [-0.39, 0.29) is 10.8 Å². The van der Waals surface area contributed by atoms with Crippen LogP contribution in [0, 0.1) is 5.41 Å². The molecule has 0 heterocycles. The van der Waals surface area contributed by atoms with Crippen molar-refractivity contribution in [3.8, 4) is 0 Å². The summed E-state index contributed by atoms with van der Waals surface area (Å²) in [7, 11) is 0. The van der Waals surface area contributed by atoms with Gasteiger partial charge in [0.25, 0.3) is 0 Å². The molecule has 1 rings (SSSR count). The minimum atomic E-state index is 0.199. The molecule has 0 radical (unpaired) electrons. The molecule has 0 fully saturated rings. The Balaban J connectivity index is 3.52. The molecule has 0 saturated carbocycles. The molecular formula is C22H38. The van der Waals surface area contributed by atoms with Crippen LogP contribution in [0.1, 0.15) is 105 Å². The largest absolute Gasteiger partial charge is 0.0654 e. The van der Waals surface area contributed by atoms with Gasteiger partial charge in [0.15, 0.2) is 0 Å². The van der Waals surface area contributed by atoms with Crippen LogP contribution >= 0.6 is 0 Å². The van der Waals surface area contributed by atoms with Gasteiger partial charge in [-0.2, -0.15) is 0 Å². The van der Waals surface area contributed by atoms with E-state index in [1.54, 1.807) is 0 Å². The Bertz CT molecular complexity index is 454. The number of benzene rings is 1. The van der Waals surface area contributed by atoms with E-state index >= 15 is 0 Å². The molecule has 0 aliphatic rings. The molecule has 0 N–H and O–H groups in total. The fraction of sp³-hybridized carbons (Fsp3) is 0.727. The van der Waals surface area contributed by atoms with Crippen molar-refractivity contribution in [2.24, 2.45) is 5.41 Å². The smallest absolute Gasteiger partial charge is 0.0113 e. The molecule has 1 aromatic rings. The van der Waals surface area contributed by atoms with Gasteiger partial charge in [-0.25, -0.2) is 0 Å².